The van der Waals surface area contributed by atoms with Crippen molar-refractivity contribution >= 4 is 5.97 Å². The molecule has 4 nitrogen and oxygen atoms in total. The normalized spacial score (nSPS) is 10.3. The second-order valence-corrected chi connectivity index (χ2v) is 3.62. The van der Waals surface area contributed by atoms with Gasteiger partial charge in [-0.2, -0.15) is 5.10 Å². The number of rotatable bonds is 5. The fourth-order valence-electron chi connectivity index (χ4n) is 1.52. The van der Waals surface area contributed by atoms with Crippen LogP contribution in [0.1, 0.15) is 47.9 Å². The molecule has 0 aliphatic carbocycles. The van der Waals surface area contributed by atoms with Crippen LogP contribution in [0.5, 0.6) is 0 Å². The molecule has 1 N–H and O–H groups in total. The standard InChI is InChI=1S/C11H18N2O2/c1-4-5-6-7-9-8(2)10(13-12-9)11(14)15-3/h4-7H2,1-3H3,(H,12,13). The van der Waals surface area contributed by atoms with Crippen molar-refractivity contribution in [3.8, 4) is 0 Å². The average molecular weight is 210 g/mol. The quantitative estimate of drug-likeness (QED) is 0.599. The highest BCUT2D eigenvalue weighted by Gasteiger charge is 2.15. The van der Waals surface area contributed by atoms with Crippen molar-refractivity contribution in [2.45, 2.75) is 39.5 Å². The average Bonchev–Trinajstić information content (AvgIpc) is 2.60. The highest BCUT2D eigenvalue weighted by atomic mass is 16.5. The molecule has 0 saturated carbocycles. The van der Waals surface area contributed by atoms with Crippen molar-refractivity contribution < 1.29 is 9.53 Å². The van der Waals surface area contributed by atoms with E-state index in [1.165, 1.54) is 20.0 Å². The first kappa shape index (κ1) is 11.8. The number of carbonyl (C=O) groups excluding carboxylic acids is 1. The number of H-pyrrole nitrogens is 1. The number of aryl methyl sites for hydroxylation is 1. The van der Waals surface area contributed by atoms with E-state index in [0.717, 1.165) is 24.1 Å². The van der Waals surface area contributed by atoms with E-state index in [9.17, 15) is 4.79 Å². The Kier molecular flexibility index (Phi) is 4.34. The van der Waals surface area contributed by atoms with Crippen LogP contribution >= 0.6 is 0 Å². The van der Waals surface area contributed by atoms with E-state index in [1.54, 1.807) is 0 Å². The molecule has 0 unspecified atom stereocenters. The number of nitrogens with one attached hydrogen (secondary N) is 1. The van der Waals surface area contributed by atoms with E-state index in [4.69, 9.17) is 0 Å². The topological polar surface area (TPSA) is 55.0 Å². The van der Waals surface area contributed by atoms with Crippen LogP contribution in [-0.4, -0.2) is 23.3 Å². The lowest BCUT2D eigenvalue weighted by Gasteiger charge is -1.99. The Hall–Kier alpha value is -1.32. The van der Waals surface area contributed by atoms with E-state index in [0.29, 0.717) is 5.69 Å². The van der Waals surface area contributed by atoms with Crippen molar-refractivity contribution in [2.75, 3.05) is 7.11 Å². The molecular formula is C11H18N2O2. The minimum absolute atomic E-state index is 0.370. The third-order valence-corrected chi connectivity index (χ3v) is 2.52. The predicted octanol–water partition coefficient (Wildman–Crippen LogP) is 2.24. The number of esters is 1. The van der Waals surface area contributed by atoms with Gasteiger partial charge in [0, 0.05) is 11.3 Å². The Morgan fingerprint density at radius 3 is 2.80 bits per heavy atom. The number of aromatic amines is 1. The van der Waals surface area contributed by atoms with Crippen molar-refractivity contribution in [3.05, 3.63) is 17.0 Å². The second-order valence-electron chi connectivity index (χ2n) is 3.62. The highest BCUT2D eigenvalue weighted by molar-refractivity contribution is 5.88. The SMILES string of the molecule is CCCCCc1[nH]nc(C(=O)OC)c1C. The Labute approximate surface area is 90.0 Å². The van der Waals surface area contributed by atoms with Gasteiger partial charge in [-0.15, -0.1) is 0 Å². The van der Waals surface area contributed by atoms with Gasteiger partial charge in [0.2, 0.25) is 0 Å². The lowest BCUT2D eigenvalue weighted by Crippen LogP contribution is -2.03. The van der Waals surface area contributed by atoms with E-state index < -0.39 is 0 Å². The molecule has 1 aromatic heterocycles. The van der Waals surface area contributed by atoms with Gasteiger partial charge in [-0.05, 0) is 19.8 Å². The van der Waals surface area contributed by atoms with Crippen LogP contribution in [0.2, 0.25) is 0 Å². The maximum atomic E-state index is 11.3. The fourth-order valence-corrected chi connectivity index (χ4v) is 1.52. The Morgan fingerprint density at radius 1 is 1.47 bits per heavy atom. The van der Waals surface area contributed by atoms with Crippen LogP contribution in [0.15, 0.2) is 0 Å². The van der Waals surface area contributed by atoms with Gasteiger partial charge in [0.05, 0.1) is 7.11 Å². The number of carbonyl (C=O) groups is 1. The molecule has 1 rings (SSSR count). The summed E-state index contributed by atoms with van der Waals surface area (Å²) in [6.45, 7) is 4.07. The molecule has 84 valence electrons. The van der Waals surface area contributed by atoms with E-state index in [2.05, 4.69) is 21.9 Å². The molecule has 0 aliphatic rings. The van der Waals surface area contributed by atoms with Crippen LogP contribution < -0.4 is 0 Å². The van der Waals surface area contributed by atoms with Gasteiger partial charge in [-0.25, -0.2) is 4.79 Å². The molecule has 0 aromatic carbocycles. The summed E-state index contributed by atoms with van der Waals surface area (Å²) >= 11 is 0. The monoisotopic (exact) mass is 210 g/mol. The lowest BCUT2D eigenvalue weighted by atomic mass is 10.1. The second kappa shape index (κ2) is 5.53. The number of aromatic nitrogens is 2. The summed E-state index contributed by atoms with van der Waals surface area (Å²) in [7, 11) is 1.37. The molecule has 0 bridgehead atoms. The number of ether oxygens (including phenoxy) is 1. The smallest absolute Gasteiger partial charge is 0.358 e. The van der Waals surface area contributed by atoms with Gasteiger partial charge in [-0.1, -0.05) is 19.8 Å². The first-order valence-corrected chi connectivity index (χ1v) is 5.32. The first-order chi connectivity index (χ1) is 7.20. The third-order valence-electron chi connectivity index (χ3n) is 2.52. The molecule has 0 amide bonds. The van der Waals surface area contributed by atoms with Crippen molar-refractivity contribution in [1.29, 1.82) is 0 Å². The molecule has 15 heavy (non-hydrogen) atoms. The van der Waals surface area contributed by atoms with Gasteiger partial charge >= 0.3 is 5.97 Å². The maximum absolute atomic E-state index is 11.3. The maximum Gasteiger partial charge on any atom is 0.358 e. The number of unbranched alkanes of at least 4 members (excludes halogenated alkanes) is 2. The van der Waals surface area contributed by atoms with Crippen LogP contribution in [0, 0.1) is 6.92 Å². The van der Waals surface area contributed by atoms with Crippen LogP contribution in [-0.2, 0) is 11.2 Å². The highest BCUT2D eigenvalue weighted by Crippen LogP contribution is 2.13. The number of hydrogen-bond donors (Lipinski definition) is 1. The van der Waals surface area contributed by atoms with Gasteiger partial charge in [0.25, 0.3) is 0 Å². The minimum Gasteiger partial charge on any atom is -0.464 e. The zero-order valence-electron chi connectivity index (χ0n) is 9.59. The largest absolute Gasteiger partial charge is 0.464 e. The molecule has 0 radical (unpaired) electrons. The Balaban J connectivity index is 2.67. The Morgan fingerprint density at radius 2 is 2.20 bits per heavy atom. The summed E-state index contributed by atoms with van der Waals surface area (Å²) in [5.41, 5.74) is 2.37. The first-order valence-electron chi connectivity index (χ1n) is 5.32. The summed E-state index contributed by atoms with van der Waals surface area (Å²) < 4.78 is 4.63. The predicted molar refractivity (Wildman–Crippen MR) is 57.9 cm³/mol. The molecule has 1 aromatic rings. The lowest BCUT2D eigenvalue weighted by molar-refractivity contribution is 0.0593. The number of methoxy groups -OCH3 is 1. The summed E-state index contributed by atoms with van der Waals surface area (Å²) in [5, 5.41) is 6.86. The van der Waals surface area contributed by atoms with Crippen molar-refractivity contribution in [2.24, 2.45) is 0 Å². The van der Waals surface area contributed by atoms with Gasteiger partial charge < -0.3 is 4.74 Å². The molecule has 0 aliphatic heterocycles. The van der Waals surface area contributed by atoms with Gasteiger partial charge in [0.15, 0.2) is 5.69 Å². The van der Waals surface area contributed by atoms with Crippen LogP contribution in [0.25, 0.3) is 0 Å². The summed E-state index contributed by atoms with van der Waals surface area (Å²) in [5.74, 6) is -0.370. The van der Waals surface area contributed by atoms with Crippen LogP contribution in [0.4, 0.5) is 0 Å². The van der Waals surface area contributed by atoms with E-state index in [-0.39, 0.29) is 5.97 Å². The van der Waals surface area contributed by atoms with Gasteiger partial charge in [-0.3, -0.25) is 5.10 Å². The zero-order chi connectivity index (χ0) is 11.3. The summed E-state index contributed by atoms with van der Waals surface area (Å²) in [6, 6.07) is 0. The molecule has 0 saturated heterocycles. The van der Waals surface area contributed by atoms with E-state index >= 15 is 0 Å². The molecule has 1 heterocycles. The van der Waals surface area contributed by atoms with Crippen molar-refractivity contribution in [1.82, 2.24) is 10.2 Å². The molecular weight excluding hydrogens is 192 g/mol. The van der Waals surface area contributed by atoms with Crippen LogP contribution in [0.3, 0.4) is 0 Å². The summed E-state index contributed by atoms with van der Waals surface area (Å²) in [6.07, 6.45) is 4.47. The number of nitrogens with zero attached hydrogens (tertiary/aromatic N) is 1. The summed E-state index contributed by atoms with van der Waals surface area (Å²) in [4.78, 5) is 11.3. The fraction of sp³-hybridized carbons (Fsp3) is 0.636. The molecule has 0 atom stereocenters. The Bertz CT molecular complexity index is 331. The molecule has 4 heteroatoms. The zero-order valence-corrected chi connectivity index (χ0v) is 9.59. The van der Waals surface area contributed by atoms with Gasteiger partial charge in [0.1, 0.15) is 0 Å². The number of hydrogen-bond acceptors (Lipinski definition) is 3. The third kappa shape index (κ3) is 2.81. The van der Waals surface area contributed by atoms with Crippen molar-refractivity contribution in [3.63, 3.8) is 0 Å². The minimum atomic E-state index is -0.370. The molecule has 0 fully saturated rings. The van der Waals surface area contributed by atoms with E-state index in [1.807, 2.05) is 6.92 Å². The molecule has 0 spiro atoms.